The second-order valence-electron chi connectivity index (χ2n) is 4.86. The quantitative estimate of drug-likeness (QED) is 0.788. The smallest absolute Gasteiger partial charge is 0.312 e. The molecule has 0 saturated heterocycles. The van der Waals surface area contributed by atoms with Crippen LogP contribution >= 0.6 is 17.0 Å². The van der Waals surface area contributed by atoms with Crippen molar-refractivity contribution in [2.45, 2.75) is 51.0 Å². The van der Waals surface area contributed by atoms with Gasteiger partial charge in [-0.15, -0.1) is 17.0 Å². The normalized spacial score (nSPS) is 38.3. The number of ether oxygens (including phenoxy) is 1. The van der Waals surface area contributed by atoms with Crippen LogP contribution in [0, 0.1) is 5.41 Å². The predicted molar refractivity (Wildman–Crippen MR) is 64.0 cm³/mol. The van der Waals surface area contributed by atoms with Crippen molar-refractivity contribution < 1.29 is 9.53 Å². The summed E-state index contributed by atoms with van der Waals surface area (Å²) in [6.07, 6.45) is 5.77. The van der Waals surface area contributed by atoms with Crippen molar-refractivity contribution in [1.82, 2.24) is 0 Å². The number of fused-ring (bicyclic) bond motifs is 3. The molecular weight excluding hydrogens is 258 g/mol. The number of nitrogens with two attached hydrogens (primary N) is 1. The highest BCUT2D eigenvalue weighted by Crippen LogP contribution is 2.51. The summed E-state index contributed by atoms with van der Waals surface area (Å²) in [6, 6.07) is 0. The minimum atomic E-state index is -0.170. The molecule has 0 amide bonds. The van der Waals surface area contributed by atoms with E-state index in [-0.39, 0.29) is 33.9 Å². The first-order chi connectivity index (χ1) is 6.60. The maximum absolute atomic E-state index is 11.8. The van der Waals surface area contributed by atoms with Crippen LogP contribution in [0.4, 0.5) is 0 Å². The molecule has 0 aromatic heterocycles. The van der Waals surface area contributed by atoms with Crippen molar-refractivity contribution in [3.63, 3.8) is 0 Å². The summed E-state index contributed by atoms with van der Waals surface area (Å²) in [5, 5.41) is 0. The van der Waals surface area contributed by atoms with Gasteiger partial charge < -0.3 is 10.5 Å². The Kier molecular flexibility index (Phi) is 3.82. The molecule has 3 rings (SSSR count). The number of hydrogen-bond donors (Lipinski definition) is 1. The molecular formula is C11H20BrNO2. The molecule has 0 aromatic carbocycles. The zero-order valence-electron chi connectivity index (χ0n) is 9.25. The maximum Gasteiger partial charge on any atom is 0.312 e. The lowest BCUT2D eigenvalue weighted by Crippen LogP contribution is -2.54. The lowest BCUT2D eigenvalue weighted by Gasteiger charge is -2.50. The summed E-state index contributed by atoms with van der Waals surface area (Å²) in [5.74, 6) is 0.0155. The third-order valence-corrected chi connectivity index (χ3v) is 4.01. The van der Waals surface area contributed by atoms with Crippen molar-refractivity contribution in [2.75, 3.05) is 6.61 Å². The van der Waals surface area contributed by atoms with Crippen molar-refractivity contribution in [3.8, 4) is 0 Å². The maximum atomic E-state index is 11.8. The third-order valence-electron chi connectivity index (χ3n) is 4.01. The SMILES string of the molecule is Br.CCOC(=O)C12CCC(N)(CC1)CC2. The van der Waals surface area contributed by atoms with Crippen molar-refractivity contribution in [1.29, 1.82) is 0 Å². The monoisotopic (exact) mass is 277 g/mol. The van der Waals surface area contributed by atoms with Crippen molar-refractivity contribution in [3.05, 3.63) is 0 Å². The molecule has 3 nitrogen and oxygen atoms in total. The minimum absolute atomic E-state index is 0. The topological polar surface area (TPSA) is 52.3 Å². The van der Waals surface area contributed by atoms with Crippen LogP contribution in [-0.2, 0) is 9.53 Å². The van der Waals surface area contributed by atoms with Gasteiger partial charge in [-0.3, -0.25) is 4.79 Å². The molecule has 2 bridgehead atoms. The molecule has 3 fully saturated rings. The molecule has 0 aliphatic heterocycles. The molecule has 15 heavy (non-hydrogen) atoms. The number of rotatable bonds is 2. The highest BCUT2D eigenvalue weighted by atomic mass is 79.9. The van der Waals surface area contributed by atoms with Gasteiger partial charge in [-0.1, -0.05) is 0 Å². The Hall–Kier alpha value is -0.0900. The fraction of sp³-hybridized carbons (Fsp3) is 0.909. The molecule has 0 heterocycles. The molecule has 4 heteroatoms. The molecule has 0 aromatic rings. The number of hydrogen-bond acceptors (Lipinski definition) is 3. The summed E-state index contributed by atoms with van der Waals surface area (Å²) in [5.41, 5.74) is 6.04. The number of esters is 1. The van der Waals surface area contributed by atoms with Crippen LogP contribution in [0.3, 0.4) is 0 Å². The first-order valence-electron chi connectivity index (χ1n) is 5.56. The fourth-order valence-electron chi connectivity index (χ4n) is 2.81. The van der Waals surface area contributed by atoms with Crippen molar-refractivity contribution in [2.24, 2.45) is 11.1 Å². The van der Waals surface area contributed by atoms with E-state index < -0.39 is 0 Å². The van der Waals surface area contributed by atoms with E-state index in [1.807, 2.05) is 6.92 Å². The van der Waals surface area contributed by atoms with Crippen LogP contribution in [0.1, 0.15) is 45.4 Å². The molecule has 0 spiro atoms. The summed E-state index contributed by atoms with van der Waals surface area (Å²) < 4.78 is 5.15. The first-order valence-corrected chi connectivity index (χ1v) is 5.56. The summed E-state index contributed by atoms with van der Waals surface area (Å²) >= 11 is 0. The van der Waals surface area contributed by atoms with Crippen LogP contribution in [0.2, 0.25) is 0 Å². The number of carbonyl (C=O) groups excluding carboxylic acids is 1. The van der Waals surface area contributed by atoms with Crippen LogP contribution < -0.4 is 5.73 Å². The van der Waals surface area contributed by atoms with Gasteiger partial charge in [0.05, 0.1) is 12.0 Å². The van der Waals surface area contributed by atoms with E-state index in [1.54, 1.807) is 0 Å². The zero-order chi connectivity index (χ0) is 10.2. The Morgan fingerprint density at radius 3 is 2.07 bits per heavy atom. The average Bonchev–Trinajstić information content (AvgIpc) is 2.20. The Morgan fingerprint density at radius 1 is 1.20 bits per heavy atom. The van der Waals surface area contributed by atoms with Crippen molar-refractivity contribution >= 4 is 23.0 Å². The van der Waals surface area contributed by atoms with Crippen LogP contribution in [0.5, 0.6) is 0 Å². The zero-order valence-corrected chi connectivity index (χ0v) is 11.0. The van der Waals surface area contributed by atoms with Gasteiger partial charge in [-0.25, -0.2) is 0 Å². The summed E-state index contributed by atoms with van der Waals surface area (Å²) in [4.78, 5) is 11.8. The highest BCUT2D eigenvalue weighted by Gasteiger charge is 2.51. The Bertz CT molecular complexity index is 230. The number of halogens is 1. The van der Waals surface area contributed by atoms with Gasteiger partial charge in [0.25, 0.3) is 0 Å². The molecule has 3 aliphatic carbocycles. The first kappa shape index (κ1) is 13.0. The van der Waals surface area contributed by atoms with E-state index in [1.165, 1.54) is 0 Å². The molecule has 0 radical (unpaired) electrons. The lowest BCUT2D eigenvalue weighted by molar-refractivity contribution is -0.162. The van der Waals surface area contributed by atoms with Gasteiger partial charge in [0.15, 0.2) is 0 Å². The summed E-state index contributed by atoms with van der Waals surface area (Å²) in [6.45, 7) is 2.36. The lowest BCUT2D eigenvalue weighted by atomic mass is 9.57. The van der Waals surface area contributed by atoms with E-state index in [0.717, 1.165) is 38.5 Å². The van der Waals surface area contributed by atoms with E-state index in [2.05, 4.69) is 0 Å². The molecule has 88 valence electrons. The highest BCUT2D eigenvalue weighted by molar-refractivity contribution is 8.93. The minimum Gasteiger partial charge on any atom is -0.466 e. The summed E-state index contributed by atoms with van der Waals surface area (Å²) in [7, 11) is 0. The van der Waals surface area contributed by atoms with Gasteiger partial charge in [0.1, 0.15) is 0 Å². The average molecular weight is 278 g/mol. The van der Waals surface area contributed by atoms with E-state index >= 15 is 0 Å². The van der Waals surface area contributed by atoms with E-state index in [0.29, 0.717) is 6.61 Å². The van der Waals surface area contributed by atoms with Crippen LogP contribution in [0.15, 0.2) is 0 Å². The second kappa shape index (κ2) is 4.42. The molecule has 0 atom stereocenters. The largest absolute Gasteiger partial charge is 0.466 e. The van der Waals surface area contributed by atoms with Gasteiger partial charge in [-0.2, -0.15) is 0 Å². The van der Waals surface area contributed by atoms with Crippen LogP contribution in [-0.4, -0.2) is 18.1 Å². The van der Waals surface area contributed by atoms with E-state index in [9.17, 15) is 4.79 Å². The Balaban J connectivity index is 0.00000112. The molecule has 3 aliphatic rings. The standard InChI is InChI=1S/C11H19NO2.BrH/c1-2-14-9(13)10-3-6-11(12,7-4-10)8-5-10;/h2-8,12H2,1H3;1H. The molecule has 2 N–H and O–H groups in total. The second-order valence-corrected chi connectivity index (χ2v) is 4.86. The fourth-order valence-corrected chi connectivity index (χ4v) is 2.81. The Labute approximate surface area is 102 Å². The molecule has 3 saturated carbocycles. The third kappa shape index (κ3) is 2.21. The molecule has 0 unspecified atom stereocenters. The van der Waals surface area contributed by atoms with Gasteiger partial charge >= 0.3 is 5.97 Å². The van der Waals surface area contributed by atoms with Gasteiger partial charge in [0.2, 0.25) is 0 Å². The van der Waals surface area contributed by atoms with Gasteiger partial charge in [0, 0.05) is 5.54 Å². The van der Waals surface area contributed by atoms with Gasteiger partial charge in [-0.05, 0) is 45.4 Å². The number of carbonyl (C=O) groups is 1. The predicted octanol–water partition coefficient (Wildman–Crippen LogP) is 2.18. The van der Waals surface area contributed by atoms with Crippen LogP contribution in [0.25, 0.3) is 0 Å². The van der Waals surface area contributed by atoms with E-state index in [4.69, 9.17) is 10.5 Å². The Morgan fingerprint density at radius 2 is 1.67 bits per heavy atom.